The molecule has 3 unspecified atom stereocenters. The second-order valence-corrected chi connectivity index (χ2v) is 25.5. The number of aryl methyl sites for hydroxylation is 2. The summed E-state index contributed by atoms with van der Waals surface area (Å²) in [5.41, 5.74) is -0.123. The Kier molecular flexibility index (Phi) is 32.7. The second-order valence-electron chi connectivity index (χ2n) is 18.8. The SMILES string of the molecule is CCOC(=O)C(C)OC(=O)c1cc(Oc2ccc(C(F)(F)F)cc2Cl)ccc1[N+](=O)[O-].CCc1cccc(C)c1N(C(=O)CCl)C(C)COC.CS(=O)(=O)c1ccc(C(=O)C2C(=O)CCCC2=O)c([N+](=O)[O-])c1.C[S+](C)C.O=C(O)CNCP(=O)([O-])O. The van der Waals surface area contributed by atoms with Gasteiger partial charge in [0, 0.05) is 44.4 Å². The van der Waals surface area contributed by atoms with Crippen molar-refractivity contribution in [3.05, 3.63) is 126 Å². The molecular weight excluding hydrogens is 1260 g/mol. The van der Waals surface area contributed by atoms with Crippen molar-refractivity contribution in [1.29, 1.82) is 0 Å². The van der Waals surface area contributed by atoms with Crippen LogP contribution in [0.5, 0.6) is 11.5 Å². The highest BCUT2D eigenvalue weighted by Gasteiger charge is 2.39. The molecule has 4 aromatic rings. The molecule has 33 heteroatoms. The predicted molar refractivity (Wildman–Crippen MR) is 315 cm³/mol. The molecule has 0 heterocycles. The highest BCUT2D eigenvalue weighted by Crippen LogP contribution is 2.38. The van der Waals surface area contributed by atoms with E-state index in [0.29, 0.717) is 30.0 Å². The van der Waals surface area contributed by atoms with Crippen LogP contribution >= 0.6 is 30.8 Å². The van der Waals surface area contributed by atoms with E-state index in [1.807, 2.05) is 31.3 Å². The minimum atomic E-state index is -4.61. The maximum Gasteiger partial charge on any atom is 0.416 e. The van der Waals surface area contributed by atoms with Gasteiger partial charge >= 0.3 is 24.1 Å². The molecule has 5 rings (SSSR count). The number of nitrogens with zero attached hydrogens (tertiary/aromatic N) is 3. The van der Waals surface area contributed by atoms with Crippen LogP contribution in [0.25, 0.3) is 0 Å². The van der Waals surface area contributed by atoms with Gasteiger partial charge in [-0.25, -0.2) is 18.0 Å². The van der Waals surface area contributed by atoms with E-state index in [4.69, 9.17) is 52.1 Å². The fourth-order valence-electron chi connectivity index (χ4n) is 7.40. The third kappa shape index (κ3) is 26.5. The molecular formula is C54H66Cl2F3N4O21PS2. The summed E-state index contributed by atoms with van der Waals surface area (Å²) >= 11 is 11.6. The number of carboxylic acids is 1. The van der Waals surface area contributed by atoms with Crippen LogP contribution in [0.3, 0.4) is 0 Å². The number of amides is 1. The van der Waals surface area contributed by atoms with Gasteiger partial charge in [-0.05, 0) is 99.0 Å². The molecule has 0 aromatic heterocycles. The normalized spacial score (nSPS) is 13.6. The van der Waals surface area contributed by atoms with Crippen LogP contribution in [0, 0.1) is 33.1 Å². The van der Waals surface area contributed by atoms with Gasteiger partial charge in [0.2, 0.25) is 5.91 Å². The number of rotatable bonds is 21. The number of hydrogen-bond donors (Lipinski definition) is 3. The Bertz CT molecular complexity index is 3260. The third-order valence-electron chi connectivity index (χ3n) is 11.1. The Morgan fingerprint density at radius 2 is 1.51 bits per heavy atom. The number of nitro benzene ring substituents is 2. The van der Waals surface area contributed by atoms with Gasteiger partial charge in [0.05, 0.1) is 87.4 Å². The molecule has 1 aliphatic carbocycles. The van der Waals surface area contributed by atoms with E-state index < -0.39 is 122 Å². The van der Waals surface area contributed by atoms with Crippen LogP contribution in [-0.2, 0) is 76.1 Å². The van der Waals surface area contributed by atoms with E-state index >= 15 is 0 Å². The van der Waals surface area contributed by atoms with Crippen molar-refractivity contribution in [3.8, 4) is 11.5 Å². The summed E-state index contributed by atoms with van der Waals surface area (Å²) in [5.74, 6) is -7.25. The quantitative estimate of drug-likeness (QED) is 0.0104. The average molecular weight is 1330 g/mol. The molecule has 480 valence electrons. The number of hydrogen-bond acceptors (Lipinski definition) is 20. The summed E-state index contributed by atoms with van der Waals surface area (Å²) in [6, 6.07) is 14.2. The average Bonchev–Trinajstić information content (AvgIpc) is 2.59. The van der Waals surface area contributed by atoms with Gasteiger partial charge in [0.1, 0.15) is 36.5 Å². The number of esters is 2. The van der Waals surface area contributed by atoms with Crippen LogP contribution in [0.4, 0.5) is 30.2 Å². The van der Waals surface area contributed by atoms with E-state index in [2.05, 4.69) is 31.8 Å². The number of carbonyl (C=O) groups excluding carboxylic acids is 6. The number of halogens is 5. The highest BCUT2D eigenvalue weighted by molar-refractivity contribution is 7.94. The highest BCUT2D eigenvalue weighted by atomic mass is 35.5. The zero-order valence-electron chi connectivity index (χ0n) is 48.7. The van der Waals surface area contributed by atoms with Crippen molar-refractivity contribution in [1.82, 2.24) is 5.32 Å². The number of carbonyl (C=O) groups is 7. The topological polar surface area (TPSA) is 373 Å². The number of alkyl halides is 4. The largest absolute Gasteiger partial charge is 0.778 e. The smallest absolute Gasteiger partial charge is 0.416 e. The van der Waals surface area contributed by atoms with Crippen molar-refractivity contribution < 1.29 is 103 Å². The Labute approximate surface area is 511 Å². The Morgan fingerprint density at radius 1 is 0.920 bits per heavy atom. The molecule has 25 nitrogen and oxygen atoms in total. The number of aliphatic carboxylic acids is 1. The van der Waals surface area contributed by atoms with E-state index in [9.17, 15) is 84.8 Å². The molecule has 3 N–H and O–H groups in total. The summed E-state index contributed by atoms with van der Waals surface area (Å²) in [7, 11) is -5.77. The fourth-order valence-corrected chi connectivity index (χ4v) is 8.78. The summed E-state index contributed by atoms with van der Waals surface area (Å²) < 4.78 is 91.3. The lowest BCUT2D eigenvalue weighted by molar-refractivity contribution is -0.385. The zero-order valence-corrected chi connectivity index (χ0v) is 52.7. The van der Waals surface area contributed by atoms with Gasteiger partial charge in [-0.3, -0.25) is 49.5 Å². The third-order valence-corrected chi connectivity index (χ3v) is 13.4. The molecule has 0 spiro atoms. The molecule has 0 bridgehead atoms. The number of nitro groups is 2. The molecule has 87 heavy (non-hydrogen) atoms. The summed E-state index contributed by atoms with van der Waals surface area (Å²) in [6.07, 6.45) is 2.18. The molecule has 1 fully saturated rings. The first-order valence-corrected chi connectivity index (χ1v) is 32.5. The summed E-state index contributed by atoms with van der Waals surface area (Å²) in [6.45, 7) is 8.89. The summed E-state index contributed by atoms with van der Waals surface area (Å²) in [4.78, 5) is 122. The van der Waals surface area contributed by atoms with Crippen molar-refractivity contribution >= 4 is 110 Å². The van der Waals surface area contributed by atoms with Gasteiger partial charge in [-0.1, -0.05) is 36.7 Å². The molecule has 1 saturated carbocycles. The minimum absolute atomic E-state index is 0.0223. The number of ether oxygens (including phenoxy) is 4. The lowest BCUT2D eigenvalue weighted by Crippen LogP contribution is -2.43. The van der Waals surface area contributed by atoms with Crippen molar-refractivity contribution in [2.24, 2.45) is 5.92 Å². The van der Waals surface area contributed by atoms with Crippen LogP contribution in [0.15, 0.2) is 77.7 Å². The molecule has 0 aliphatic heterocycles. The predicted octanol–water partition coefficient (Wildman–Crippen LogP) is 8.11. The van der Waals surface area contributed by atoms with Gasteiger partial charge in [0.25, 0.3) is 11.4 Å². The molecule has 3 atom stereocenters. The molecule has 1 aliphatic rings. The standard InChI is InChI=1S/C19H15ClF3NO7.C15H22ClNO2.C14H13NO7S.C3H8NO5P.C3H9S/c1-3-29-17(25)10(2)30-18(26)13-9-12(5-6-15(13)24(27)28)31-16-7-4-11(8-14(16)20)19(21,22)23;1-5-13-8-6-7-11(2)15(13)17(14(18)9-16)12(3)10-19-4;1-23(21,22)8-5-6-9(10(7-8)15(19)20)14(18)13-11(16)3-2-4-12(13)17;5-3(6)1-4-2-10(7,8)9;1-4(2)3/h4-10H,3H2,1-2H3;6-8,12H,5,9-10H2,1-4H3;5-7,13H,2-4H2,1H3;4H,1-2H2,(H,5,6)(H2,7,8,9);1-3H3/q;;;;+1/p-1. The molecule has 4 aromatic carbocycles. The molecule has 0 radical (unpaired) electrons. The Hall–Kier alpha value is -6.89. The number of Topliss-reactive ketones (excluding diaryl/α,β-unsaturated/α-hetero) is 3. The maximum absolute atomic E-state index is 12.8. The lowest BCUT2D eigenvalue weighted by Gasteiger charge is -2.31. The van der Waals surface area contributed by atoms with E-state index in [1.165, 1.54) is 6.92 Å². The fraction of sp³-hybridized carbons (Fsp3) is 0.426. The van der Waals surface area contributed by atoms with Crippen LogP contribution < -0.4 is 19.8 Å². The number of nitrogens with one attached hydrogen (secondary N) is 1. The first-order chi connectivity index (χ1) is 40.3. The number of para-hydroxylation sites is 1. The molecule has 0 saturated heterocycles. The number of carboxylic acid groups (broad SMARTS) is 1. The van der Waals surface area contributed by atoms with Crippen molar-refractivity contribution in [2.45, 2.75) is 83.5 Å². The number of benzene rings is 4. The minimum Gasteiger partial charge on any atom is -0.778 e. The maximum atomic E-state index is 12.8. The monoisotopic (exact) mass is 1330 g/mol. The number of methoxy groups -OCH3 is 1. The van der Waals surface area contributed by atoms with Crippen molar-refractivity contribution in [3.63, 3.8) is 0 Å². The Morgan fingerprint density at radius 3 is 1.98 bits per heavy atom. The van der Waals surface area contributed by atoms with E-state index in [1.54, 1.807) is 18.9 Å². The van der Waals surface area contributed by atoms with E-state index in [0.717, 1.165) is 78.0 Å². The first-order valence-electron chi connectivity index (χ1n) is 25.5. The molecule has 1 amide bonds. The van der Waals surface area contributed by atoms with Gasteiger partial charge < -0.3 is 43.3 Å². The van der Waals surface area contributed by atoms with Crippen LogP contribution in [-0.4, -0.2) is 146 Å². The van der Waals surface area contributed by atoms with Gasteiger partial charge in [-0.2, -0.15) is 13.2 Å². The van der Waals surface area contributed by atoms with Crippen LogP contribution in [0.2, 0.25) is 5.02 Å². The number of sulfone groups is 1. The van der Waals surface area contributed by atoms with Gasteiger partial charge in [-0.15, -0.1) is 11.6 Å². The first kappa shape index (κ1) is 78.1. The lowest BCUT2D eigenvalue weighted by atomic mass is 9.81. The number of ketones is 3. The van der Waals surface area contributed by atoms with Gasteiger partial charge in [0.15, 0.2) is 33.3 Å². The zero-order chi connectivity index (χ0) is 66.9. The van der Waals surface area contributed by atoms with E-state index in [-0.39, 0.29) is 58.7 Å². The van der Waals surface area contributed by atoms with Crippen LogP contribution in [0.1, 0.15) is 84.4 Å². The second kappa shape index (κ2) is 36.4. The van der Waals surface area contributed by atoms with Crippen molar-refractivity contribution in [2.75, 3.05) is 69.0 Å². The number of anilines is 1. The Balaban J connectivity index is 0.000000600. The summed E-state index contributed by atoms with van der Waals surface area (Å²) in [5, 5.41) is 32.0.